The molecule has 2 N–H and O–H groups in total. The SMILES string of the molecule is Oc1cccc2cccnc12.Oc1cccc2cccnc12.[Al].c1ccc(OOc2ccccc2)cc1. The van der Waals surface area contributed by atoms with Crippen LogP contribution in [0.4, 0.5) is 0 Å². The molecule has 3 radical (unpaired) electrons. The fraction of sp³-hybridized carbons (Fsp3) is 0. The molecule has 6 rings (SSSR count). The molecule has 0 aliphatic rings. The molecule has 2 heterocycles. The lowest BCUT2D eigenvalue weighted by Gasteiger charge is -2.04. The van der Waals surface area contributed by atoms with Crippen molar-refractivity contribution < 1.29 is 20.0 Å². The highest BCUT2D eigenvalue weighted by molar-refractivity contribution is 5.84. The summed E-state index contributed by atoms with van der Waals surface area (Å²) >= 11 is 0. The van der Waals surface area contributed by atoms with E-state index < -0.39 is 0 Å². The van der Waals surface area contributed by atoms with Gasteiger partial charge in [-0.3, -0.25) is 19.7 Å². The third-order valence-electron chi connectivity index (χ3n) is 4.94. The van der Waals surface area contributed by atoms with Gasteiger partial charge in [0.05, 0.1) is 0 Å². The van der Waals surface area contributed by atoms with Gasteiger partial charge in [0.25, 0.3) is 0 Å². The highest BCUT2D eigenvalue weighted by Crippen LogP contribution is 2.21. The predicted molar refractivity (Wildman–Crippen MR) is 147 cm³/mol. The van der Waals surface area contributed by atoms with Crippen LogP contribution in [0.5, 0.6) is 23.0 Å². The van der Waals surface area contributed by atoms with Gasteiger partial charge in [-0.2, -0.15) is 0 Å². The van der Waals surface area contributed by atoms with Crippen LogP contribution in [-0.2, 0) is 0 Å². The highest BCUT2D eigenvalue weighted by Gasteiger charge is 1.97. The normalized spacial score (nSPS) is 9.62. The van der Waals surface area contributed by atoms with Crippen molar-refractivity contribution >= 4 is 39.2 Å². The summed E-state index contributed by atoms with van der Waals surface area (Å²) in [6.07, 6.45) is 3.34. The van der Waals surface area contributed by atoms with Crippen LogP contribution in [0.15, 0.2) is 134 Å². The number of nitrogens with zero attached hydrogens (tertiary/aromatic N) is 2. The van der Waals surface area contributed by atoms with Crippen molar-refractivity contribution in [3.63, 3.8) is 0 Å². The topological polar surface area (TPSA) is 84.7 Å². The zero-order chi connectivity index (χ0) is 25.0. The molecule has 37 heavy (non-hydrogen) atoms. The molecule has 6 nitrogen and oxygen atoms in total. The fourth-order valence-electron chi connectivity index (χ4n) is 3.22. The van der Waals surface area contributed by atoms with Gasteiger partial charge < -0.3 is 10.2 Å². The molecule has 0 fully saturated rings. The molecule has 181 valence electrons. The van der Waals surface area contributed by atoms with Gasteiger partial charge >= 0.3 is 0 Å². The van der Waals surface area contributed by atoms with E-state index in [4.69, 9.17) is 9.78 Å². The van der Waals surface area contributed by atoms with E-state index in [0.717, 1.165) is 10.8 Å². The summed E-state index contributed by atoms with van der Waals surface area (Å²) in [4.78, 5) is 18.2. The summed E-state index contributed by atoms with van der Waals surface area (Å²) in [6, 6.07) is 37.0. The lowest BCUT2D eigenvalue weighted by atomic mass is 10.2. The minimum Gasteiger partial charge on any atom is -0.506 e. The molecule has 0 saturated heterocycles. The van der Waals surface area contributed by atoms with Crippen LogP contribution in [0, 0.1) is 0 Å². The standard InChI is InChI=1S/C12H10O2.2C9H7NO.Al/c1-3-7-11(8-4-1)13-14-12-9-5-2-6-10-12;2*11-8-5-1-3-7-4-2-6-10-9(7)8;/h1-10H;2*1-6,11H;. The summed E-state index contributed by atoms with van der Waals surface area (Å²) < 4.78 is 0. The van der Waals surface area contributed by atoms with E-state index in [0.29, 0.717) is 22.5 Å². The Morgan fingerprint density at radius 3 is 1.19 bits per heavy atom. The zero-order valence-electron chi connectivity index (χ0n) is 19.9. The van der Waals surface area contributed by atoms with Crippen molar-refractivity contribution in [3.05, 3.63) is 134 Å². The summed E-state index contributed by atoms with van der Waals surface area (Å²) in [5, 5.41) is 20.5. The number of phenols is 2. The predicted octanol–water partition coefficient (Wildman–Crippen LogP) is 6.56. The maximum absolute atomic E-state index is 9.31. The first-order valence-electron chi connectivity index (χ1n) is 11.2. The van der Waals surface area contributed by atoms with E-state index >= 15 is 0 Å². The van der Waals surface area contributed by atoms with E-state index in [1.165, 1.54) is 0 Å². The Labute approximate surface area is 225 Å². The van der Waals surface area contributed by atoms with Crippen molar-refractivity contribution in [2.75, 3.05) is 0 Å². The van der Waals surface area contributed by atoms with Gasteiger partial charge in [-0.1, -0.05) is 72.8 Å². The maximum Gasteiger partial charge on any atom is 0.178 e. The van der Waals surface area contributed by atoms with Crippen LogP contribution in [-0.4, -0.2) is 37.5 Å². The second-order valence-corrected chi connectivity index (χ2v) is 7.50. The number of fused-ring (bicyclic) bond motifs is 2. The summed E-state index contributed by atoms with van der Waals surface area (Å²) in [6.45, 7) is 0. The number of phenolic OH excluding ortho intramolecular Hbond substituents is 2. The van der Waals surface area contributed by atoms with E-state index in [1.807, 2.05) is 97.1 Å². The first-order valence-corrected chi connectivity index (χ1v) is 11.2. The fourth-order valence-corrected chi connectivity index (χ4v) is 3.22. The van der Waals surface area contributed by atoms with Gasteiger partial charge in [-0.05, 0) is 48.5 Å². The smallest absolute Gasteiger partial charge is 0.178 e. The summed E-state index contributed by atoms with van der Waals surface area (Å²) in [5.41, 5.74) is 1.32. The number of aromatic nitrogens is 2. The molecule has 0 saturated carbocycles. The van der Waals surface area contributed by atoms with Crippen molar-refractivity contribution in [3.8, 4) is 23.0 Å². The Hall–Kier alpha value is -4.57. The number of benzene rings is 4. The largest absolute Gasteiger partial charge is 0.506 e. The van der Waals surface area contributed by atoms with Crippen LogP contribution in [0.2, 0.25) is 0 Å². The number of hydrogen-bond acceptors (Lipinski definition) is 6. The number of hydrogen-bond donors (Lipinski definition) is 2. The van der Waals surface area contributed by atoms with Crippen molar-refractivity contribution in [2.45, 2.75) is 0 Å². The highest BCUT2D eigenvalue weighted by atomic mass is 27.0. The minimum absolute atomic E-state index is 0. The minimum atomic E-state index is 0. The summed E-state index contributed by atoms with van der Waals surface area (Å²) in [5.74, 6) is 1.86. The van der Waals surface area contributed by atoms with Crippen LogP contribution < -0.4 is 9.78 Å². The van der Waals surface area contributed by atoms with Crippen LogP contribution in [0.25, 0.3) is 21.8 Å². The Kier molecular flexibility index (Phi) is 10.3. The number of pyridine rings is 2. The Morgan fingerprint density at radius 1 is 0.432 bits per heavy atom. The van der Waals surface area contributed by atoms with Crippen LogP contribution in [0.3, 0.4) is 0 Å². The monoisotopic (exact) mass is 503 g/mol. The van der Waals surface area contributed by atoms with E-state index in [1.54, 1.807) is 36.7 Å². The van der Waals surface area contributed by atoms with E-state index in [2.05, 4.69) is 9.97 Å². The summed E-state index contributed by atoms with van der Waals surface area (Å²) in [7, 11) is 0. The first-order chi connectivity index (χ1) is 17.7. The van der Waals surface area contributed by atoms with Gasteiger partial charge in [0, 0.05) is 40.5 Å². The third kappa shape index (κ3) is 7.97. The molecule has 4 aromatic carbocycles. The Bertz CT molecular complexity index is 1390. The van der Waals surface area contributed by atoms with Crippen LogP contribution in [0.1, 0.15) is 0 Å². The first kappa shape index (κ1) is 27.0. The van der Waals surface area contributed by atoms with Crippen LogP contribution >= 0.6 is 0 Å². The zero-order valence-corrected chi connectivity index (χ0v) is 21.0. The molecule has 0 aliphatic heterocycles. The van der Waals surface area contributed by atoms with Gasteiger partial charge in [0.2, 0.25) is 0 Å². The second-order valence-electron chi connectivity index (χ2n) is 7.50. The van der Waals surface area contributed by atoms with Gasteiger partial charge in [0.1, 0.15) is 22.5 Å². The van der Waals surface area contributed by atoms with Gasteiger partial charge in [0.15, 0.2) is 11.5 Å². The average molecular weight is 504 g/mol. The number of aromatic hydroxyl groups is 2. The third-order valence-corrected chi connectivity index (χ3v) is 4.94. The molecule has 6 aromatic rings. The van der Waals surface area contributed by atoms with Crippen molar-refractivity contribution in [1.29, 1.82) is 0 Å². The number of para-hydroxylation sites is 4. The molecule has 0 amide bonds. The lowest BCUT2D eigenvalue weighted by Crippen LogP contribution is -1.99. The molecule has 0 bridgehead atoms. The molecule has 7 heteroatoms. The van der Waals surface area contributed by atoms with Crippen molar-refractivity contribution in [1.82, 2.24) is 9.97 Å². The molecule has 0 atom stereocenters. The lowest BCUT2D eigenvalue weighted by molar-refractivity contribution is -0.0999. The maximum atomic E-state index is 9.31. The van der Waals surface area contributed by atoms with Gasteiger partial charge in [-0.25, -0.2) is 0 Å². The molecular formula is C30H24AlN2O4. The Balaban J connectivity index is 0.000000154. The van der Waals surface area contributed by atoms with E-state index in [-0.39, 0.29) is 28.9 Å². The second kappa shape index (κ2) is 14.1. The molecule has 2 aromatic heterocycles. The van der Waals surface area contributed by atoms with E-state index in [9.17, 15) is 10.2 Å². The molecule has 0 unspecified atom stereocenters. The molecule has 0 spiro atoms. The Morgan fingerprint density at radius 2 is 0.811 bits per heavy atom. The number of rotatable bonds is 3. The average Bonchev–Trinajstić information content (AvgIpc) is 2.94. The van der Waals surface area contributed by atoms with Gasteiger partial charge in [-0.15, -0.1) is 0 Å². The molecular weight excluding hydrogens is 479 g/mol. The van der Waals surface area contributed by atoms with Crippen molar-refractivity contribution in [2.24, 2.45) is 0 Å². The molecule has 0 aliphatic carbocycles. The quantitative estimate of drug-likeness (QED) is 0.162.